The minimum absolute atomic E-state index is 0.224. The Morgan fingerprint density at radius 3 is 2.47 bits per heavy atom. The van der Waals surface area contributed by atoms with E-state index in [-0.39, 0.29) is 20.8 Å². The molecule has 0 saturated carbocycles. The lowest BCUT2D eigenvalue weighted by atomic mass is 10.2. The topological polar surface area (TPSA) is 58.2 Å². The highest BCUT2D eigenvalue weighted by atomic mass is 35.5. The summed E-state index contributed by atoms with van der Waals surface area (Å²) in [6.45, 7) is 1.29. The standard InChI is InChI=1S/C11H13Cl3N2O2S/c12-8-4-10(14)11(5-9(8)13)16-19(17,18)7-2-1-3-15-6-7/h4-5,7,15-16H,1-3,6H2. The van der Waals surface area contributed by atoms with Gasteiger partial charge in [0.1, 0.15) is 0 Å². The van der Waals surface area contributed by atoms with E-state index >= 15 is 0 Å². The molecule has 106 valence electrons. The second-order valence-corrected chi connectivity index (χ2v) is 7.54. The van der Waals surface area contributed by atoms with Crippen molar-refractivity contribution >= 4 is 50.5 Å². The summed E-state index contributed by atoms with van der Waals surface area (Å²) in [6, 6.07) is 2.84. The first-order chi connectivity index (χ1) is 8.90. The summed E-state index contributed by atoms with van der Waals surface area (Å²) < 4.78 is 26.9. The lowest BCUT2D eigenvalue weighted by molar-refractivity contribution is 0.499. The highest BCUT2D eigenvalue weighted by Gasteiger charge is 2.27. The van der Waals surface area contributed by atoms with Crippen molar-refractivity contribution in [1.29, 1.82) is 0 Å². The number of anilines is 1. The Morgan fingerprint density at radius 2 is 1.84 bits per heavy atom. The zero-order valence-electron chi connectivity index (χ0n) is 9.92. The van der Waals surface area contributed by atoms with Gasteiger partial charge >= 0.3 is 0 Å². The molecule has 0 bridgehead atoms. The van der Waals surface area contributed by atoms with Crippen molar-refractivity contribution < 1.29 is 8.42 Å². The maximum atomic E-state index is 12.2. The molecule has 1 aliphatic heterocycles. The van der Waals surface area contributed by atoms with Crippen LogP contribution in [0.2, 0.25) is 15.1 Å². The van der Waals surface area contributed by atoms with Gasteiger partial charge in [-0.05, 0) is 31.5 Å². The third-order valence-electron chi connectivity index (χ3n) is 2.95. The molecule has 1 atom stereocenters. The van der Waals surface area contributed by atoms with Gasteiger partial charge in [-0.1, -0.05) is 34.8 Å². The first kappa shape index (κ1) is 15.2. The lowest BCUT2D eigenvalue weighted by Crippen LogP contribution is -2.41. The molecule has 19 heavy (non-hydrogen) atoms. The molecule has 0 aliphatic carbocycles. The van der Waals surface area contributed by atoms with Crippen molar-refractivity contribution in [3.05, 3.63) is 27.2 Å². The van der Waals surface area contributed by atoms with Crippen LogP contribution in [0.5, 0.6) is 0 Å². The Hall–Kier alpha value is -0.200. The van der Waals surface area contributed by atoms with Gasteiger partial charge in [0.2, 0.25) is 10.0 Å². The average molecular weight is 344 g/mol. The minimum Gasteiger partial charge on any atom is -0.315 e. The molecule has 1 aromatic carbocycles. The first-order valence-corrected chi connectivity index (χ1v) is 8.45. The molecule has 1 saturated heterocycles. The van der Waals surface area contributed by atoms with Gasteiger partial charge in [0.25, 0.3) is 0 Å². The van der Waals surface area contributed by atoms with E-state index in [1.165, 1.54) is 12.1 Å². The van der Waals surface area contributed by atoms with Gasteiger partial charge in [0.15, 0.2) is 0 Å². The van der Waals surface area contributed by atoms with Gasteiger partial charge in [-0.15, -0.1) is 0 Å². The molecule has 2 rings (SSSR count). The van der Waals surface area contributed by atoms with E-state index in [1.54, 1.807) is 0 Å². The number of sulfonamides is 1. The van der Waals surface area contributed by atoms with E-state index in [4.69, 9.17) is 34.8 Å². The van der Waals surface area contributed by atoms with Crippen LogP contribution in [0.4, 0.5) is 5.69 Å². The average Bonchev–Trinajstić information content (AvgIpc) is 2.37. The molecule has 0 amide bonds. The van der Waals surface area contributed by atoms with Crippen LogP contribution in [-0.2, 0) is 10.0 Å². The summed E-state index contributed by atoms with van der Waals surface area (Å²) >= 11 is 17.6. The zero-order chi connectivity index (χ0) is 14.0. The maximum Gasteiger partial charge on any atom is 0.236 e. The molecule has 0 radical (unpaired) electrons. The van der Waals surface area contributed by atoms with Crippen LogP contribution < -0.4 is 10.0 Å². The number of hydrogen-bond donors (Lipinski definition) is 2. The second-order valence-electron chi connectivity index (χ2n) is 4.36. The largest absolute Gasteiger partial charge is 0.315 e. The van der Waals surface area contributed by atoms with E-state index in [9.17, 15) is 8.42 Å². The van der Waals surface area contributed by atoms with Gasteiger partial charge < -0.3 is 5.32 Å². The van der Waals surface area contributed by atoms with E-state index in [0.29, 0.717) is 13.0 Å². The van der Waals surface area contributed by atoms with Crippen molar-refractivity contribution in [3.63, 3.8) is 0 Å². The van der Waals surface area contributed by atoms with E-state index in [1.807, 2.05) is 0 Å². The number of piperidine rings is 1. The molecule has 1 aromatic rings. The summed E-state index contributed by atoms with van der Waals surface area (Å²) in [5.74, 6) is 0. The van der Waals surface area contributed by atoms with Crippen LogP contribution in [0.3, 0.4) is 0 Å². The number of benzene rings is 1. The Balaban J connectivity index is 2.22. The van der Waals surface area contributed by atoms with E-state index in [0.717, 1.165) is 13.0 Å². The zero-order valence-corrected chi connectivity index (χ0v) is 13.0. The fraction of sp³-hybridized carbons (Fsp3) is 0.455. The van der Waals surface area contributed by atoms with Crippen molar-refractivity contribution in [3.8, 4) is 0 Å². The quantitative estimate of drug-likeness (QED) is 0.829. The molecule has 8 heteroatoms. The Kier molecular flexibility index (Phi) is 4.84. The van der Waals surface area contributed by atoms with Crippen molar-refractivity contribution in [2.75, 3.05) is 17.8 Å². The Morgan fingerprint density at radius 1 is 1.16 bits per heavy atom. The molecular weight excluding hydrogens is 331 g/mol. The smallest absolute Gasteiger partial charge is 0.236 e. The van der Waals surface area contributed by atoms with Crippen molar-refractivity contribution in [2.45, 2.75) is 18.1 Å². The van der Waals surface area contributed by atoms with Crippen LogP contribution >= 0.6 is 34.8 Å². The van der Waals surface area contributed by atoms with Gasteiger partial charge in [-0.2, -0.15) is 0 Å². The summed E-state index contributed by atoms with van der Waals surface area (Å²) in [6.07, 6.45) is 1.46. The first-order valence-electron chi connectivity index (χ1n) is 5.77. The maximum absolute atomic E-state index is 12.2. The molecule has 1 unspecified atom stereocenters. The minimum atomic E-state index is -3.49. The molecular formula is C11H13Cl3N2O2S. The van der Waals surface area contributed by atoms with E-state index < -0.39 is 15.3 Å². The lowest BCUT2D eigenvalue weighted by Gasteiger charge is -2.23. The highest BCUT2D eigenvalue weighted by molar-refractivity contribution is 7.93. The van der Waals surface area contributed by atoms with Gasteiger partial charge in [0, 0.05) is 6.54 Å². The molecule has 1 fully saturated rings. The summed E-state index contributed by atoms with van der Waals surface area (Å²) in [7, 11) is -3.49. The fourth-order valence-electron chi connectivity index (χ4n) is 1.92. The van der Waals surface area contributed by atoms with E-state index in [2.05, 4.69) is 10.0 Å². The normalized spacial score (nSPS) is 20.3. The molecule has 2 N–H and O–H groups in total. The van der Waals surface area contributed by atoms with Crippen LogP contribution in [-0.4, -0.2) is 26.8 Å². The van der Waals surface area contributed by atoms with Crippen molar-refractivity contribution in [1.82, 2.24) is 5.32 Å². The molecule has 0 aromatic heterocycles. The number of hydrogen-bond acceptors (Lipinski definition) is 3. The van der Waals surface area contributed by atoms with Crippen LogP contribution in [0.25, 0.3) is 0 Å². The molecule has 0 spiro atoms. The Labute approximate surface area is 127 Å². The Bertz CT molecular complexity index is 572. The molecule has 1 aliphatic rings. The summed E-state index contributed by atoms with van der Waals surface area (Å²) in [5, 5.41) is 3.36. The second kappa shape index (κ2) is 6.06. The highest BCUT2D eigenvalue weighted by Crippen LogP contribution is 2.33. The van der Waals surface area contributed by atoms with Crippen LogP contribution in [0, 0.1) is 0 Å². The van der Waals surface area contributed by atoms with Crippen LogP contribution in [0.15, 0.2) is 12.1 Å². The monoisotopic (exact) mass is 342 g/mol. The number of rotatable bonds is 3. The third-order valence-corrected chi connectivity index (χ3v) is 5.77. The fourth-order valence-corrected chi connectivity index (χ4v) is 4.03. The number of nitrogens with one attached hydrogen (secondary N) is 2. The SMILES string of the molecule is O=S(=O)(Nc1cc(Cl)c(Cl)cc1Cl)C1CCCNC1. The molecule has 4 nitrogen and oxygen atoms in total. The van der Waals surface area contributed by atoms with Gasteiger partial charge in [-0.25, -0.2) is 8.42 Å². The summed E-state index contributed by atoms with van der Waals surface area (Å²) in [4.78, 5) is 0. The van der Waals surface area contributed by atoms with Gasteiger partial charge in [0.05, 0.1) is 26.0 Å². The summed E-state index contributed by atoms with van der Waals surface area (Å²) in [5.41, 5.74) is 0.252. The van der Waals surface area contributed by atoms with Gasteiger partial charge in [-0.3, -0.25) is 4.72 Å². The third kappa shape index (κ3) is 3.67. The molecule has 1 heterocycles. The predicted molar refractivity (Wildman–Crippen MR) is 79.9 cm³/mol. The van der Waals surface area contributed by atoms with Crippen molar-refractivity contribution in [2.24, 2.45) is 0 Å². The predicted octanol–water partition coefficient (Wildman–Crippen LogP) is 3.14. The van der Waals surface area contributed by atoms with Crippen LogP contribution in [0.1, 0.15) is 12.8 Å². The number of halogens is 3.